The number of carbonyl (C=O) groups is 1. The number of aromatic nitrogens is 1. The molecule has 1 fully saturated rings. The van der Waals surface area contributed by atoms with Gasteiger partial charge in [0.1, 0.15) is 5.75 Å². The molecular weight excluding hydrogens is 368 g/mol. The number of pyridine rings is 1. The van der Waals surface area contributed by atoms with Crippen LogP contribution in [-0.2, 0) is 19.7 Å². The smallest absolute Gasteiger partial charge is 0.322 e. The lowest BCUT2D eigenvalue weighted by Gasteiger charge is -2.19. The normalized spacial score (nSPS) is 24.4. The maximum Gasteiger partial charge on any atom is 0.322 e. The molecule has 0 amide bonds. The number of rotatable bonds is 8. The number of methoxy groups -OCH3 is 1. The predicted octanol–water partition coefficient (Wildman–Crippen LogP) is 4.40. The van der Waals surface area contributed by atoms with E-state index in [1.165, 1.54) is 7.11 Å². The molecule has 0 bridgehead atoms. The highest BCUT2D eigenvalue weighted by Gasteiger charge is 2.91. The van der Waals surface area contributed by atoms with Gasteiger partial charge in [-0.15, -0.1) is 0 Å². The average molecular weight is 394 g/mol. The second kappa shape index (κ2) is 7.84. The van der Waals surface area contributed by atoms with E-state index in [4.69, 9.17) is 14.2 Å². The van der Waals surface area contributed by atoms with Crippen LogP contribution in [0.5, 0.6) is 11.6 Å². The fourth-order valence-electron chi connectivity index (χ4n) is 4.20. The van der Waals surface area contributed by atoms with Gasteiger partial charge in [-0.2, -0.15) is 5.26 Å². The van der Waals surface area contributed by atoms with Crippen molar-refractivity contribution in [3.8, 4) is 17.7 Å². The number of carbonyl (C=O) groups excluding carboxylic acids is 1. The summed E-state index contributed by atoms with van der Waals surface area (Å²) in [5, 5.41) is 10.1. The van der Waals surface area contributed by atoms with Crippen LogP contribution in [0.3, 0.4) is 0 Å². The van der Waals surface area contributed by atoms with Crippen molar-refractivity contribution >= 4 is 5.97 Å². The summed E-state index contributed by atoms with van der Waals surface area (Å²) in [5.74, 6) is 0.426. The summed E-state index contributed by atoms with van der Waals surface area (Å²) in [7, 11) is 1.32. The zero-order valence-corrected chi connectivity index (χ0v) is 17.3. The summed E-state index contributed by atoms with van der Waals surface area (Å²) in [6.45, 7) is 6.10. The molecule has 1 heterocycles. The molecule has 1 aliphatic rings. The Balaban J connectivity index is 2.05. The van der Waals surface area contributed by atoms with Gasteiger partial charge in [-0.3, -0.25) is 4.79 Å². The summed E-state index contributed by atoms with van der Waals surface area (Å²) in [6.07, 6.45) is 1.72. The molecule has 1 aromatic heterocycles. The van der Waals surface area contributed by atoms with Crippen molar-refractivity contribution in [2.75, 3.05) is 13.7 Å². The maximum atomic E-state index is 13.1. The van der Waals surface area contributed by atoms with Gasteiger partial charge in [-0.1, -0.05) is 51.5 Å². The van der Waals surface area contributed by atoms with Crippen LogP contribution >= 0.6 is 0 Å². The third-order valence-corrected chi connectivity index (χ3v) is 5.82. The summed E-state index contributed by atoms with van der Waals surface area (Å²) in [4.78, 5) is 17.6. The number of nitriles is 1. The molecule has 3 rings (SSSR count). The fourth-order valence-corrected chi connectivity index (χ4v) is 4.20. The van der Waals surface area contributed by atoms with E-state index in [2.05, 4.69) is 11.1 Å². The molecule has 0 N–H and O–H groups in total. The molecule has 152 valence electrons. The van der Waals surface area contributed by atoms with Gasteiger partial charge in [-0.05, 0) is 24.6 Å². The van der Waals surface area contributed by atoms with Crippen LogP contribution < -0.4 is 4.74 Å². The molecule has 29 heavy (non-hydrogen) atoms. The number of benzene rings is 1. The quantitative estimate of drug-likeness (QED) is 0.487. The lowest BCUT2D eigenvalue weighted by molar-refractivity contribution is -0.146. The summed E-state index contributed by atoms with van der Waals surface area (Å²) < 4.78 is 17.0. The monoisotopic (exact) mass is 394 g/mol. The first kappa shape index (κ1) is 20.8. The number of ether oxygens (including phenoxy) is 3. The van der Waals surface area contributed by atoms with Gasteiger partial charge >= 0.3 is 5.97 Å². The molecular formula is C23H26N2O4. The molecule has 0 spiro atoms. The predicted molar refractivity (Wildman–Crippen MR) is 107 cm³/mol. The highest BCUT2D eigenvalue weighted by molar-refractivity contribution is 5.93. The van der Waals surface area contributed by atoms with Crippen molar-refractivity contribution in [2.24, 2.45) is 5.41 Å². The Bertz CT molecular complexity index is 922. The van der Waals surface area contributed by atoms with Crippen molar-refractivity contribution < 1.29 is 19.0 Å². The highest BCUT2D eigenvalue weighted by Crippen LogP contribution is 2.74. The lowest BCUT2D eigenvalue weighted by Crippen LogP contribution is -2.35. The fraction of sp³-hybridized carbons (Fsp3) is 0.435. The van der Waals surface area contributed by atoms with Gasteiger partial charge in [-0.25, -0.2) is 4.98 Å². The number of hydrogen-bond donors (Lipinski definition) is 0. The van der Waals surface area contributed by atoms with Crippen LogP contribution in [0.25, 0.3) is 0 Å². The van der Waals surface area contributed by atoms with E-state index in [0.717, 1.165) is 12.8 Å². The zero-order valence-electron chi connectivity index (χ0n) is 17.3. The number of para-hydroxylation sites is 1. The van der Waals surface area contributed by atoms with E-state index >= 15 is 0 Å². The molecule has 1 aliphatic carbocycles. The van der Waals surface area contributed by atoms with Crippen molar-refractivity contribution in [1.82, 2.24) is 4.98 Å². The standard InChI is InChI=1S/C23H26N2O4/c1-5-6-15-28-22(16-24)21(2,3)23(22,20(26)27-4)18-13-10-14-19(25-18)29-17-11-8-7-9-12-17/h7-14H,5-6,15H2,1-4H3. The molecule has 6 nitrogen and oxygen atoms in total. The van der Waals surface area contributed by atoms with Crippen LogP contribution in [0.4, 0.5) is 0 Å². The Kier molecular flexibility index (Phi) is 5.63. The van der Waals surface area contributed by atoms with Crippen LogP contribution in [0.2, 0.25) is 0 Å². The van der Waals surface area contributed by atoms with E-state index in [1.807, 2.05) is 51.1 Å². The number of nitrogens with zero attached hydrogens (tertiary/aromatic N) is 2. The first-order chi connectivity index (χ1) is 13.9. The van der Waals surface area contributed by atoms with Crippen molar-refractivity contribution in [3.63, 3.8) is 0 Å². The first-order valence-electron chi connectivity index (χ1n) is 9.75. The molecule has 1 saturated carbocycles. The van der Waals surface area contributed by atoms with E-state index < -0.39 is 22.4 Å². The zero-order chi connectivity index (χ0) is 21.1. The Morgan fingerprint density at radius 2 is 1.86 bits per heavy atom. The molecule has 2 aromatic rings. The van der Waals surface area contributed by atoms with Gasteiger partial charge < -0.3 is 14.2 Å². The minimum Gasteiger partial charge on any atom is -0.468 e. The van der Waals surface area contributed by atoms with Gasteiger partial charge in [0.15, 0.2) is 11.0 Å². The summed E-state index contributed by atoms with van der Waals surface area (Å²) >= 11 is 0. The van der Waals surface area contributed by atoms with Gasteiger partial charge in [0.25, 0.3) is 0 Å². The maximum absolute atomic E-state index is 13.1. The van der Waals surface area contributed by atoms with Crippen LogP contribution in [-0.4, -0.2) is 30.3 Å². The number of esters is 1. The second-order valence-electron chi connectivity index (χ2n) is 7.64. The third kappa shape index (κ3) is 2.97. The van der Waals surface area contributed by atoms with Gasteiger partial charge in [0.05, 0.1) is 18.9 Å². The largest absolute Gasteiger partial charge is 0.468 e. The lowest BCUT2D eigenvalue weighted by atomic mass is 9.91. The number of hydrogen-bond acceptors (Lipinski definition) is 6. The molecule has 2 atom stereocenters. The van der Waals surface area contributed by atoms with E-state index in [9.17, 15) is 10.1 Å². The van der Waals surface area contributed by atoms with E-state index in [1.54, 1.807) is 18.2 Å². The minimum atomic E-state index is -1.36. The summed E-state index contributed by atoms with van der Waals surface area (Å²) in [6, 6.07) is 16.7. The average Bonchev–Trinajstić information content (AvgIpc) is 3.18. The van der Waals surface area contributed by atoms with Crippen LogP contribution in [0, 0.1) is 16.7 Å². The second-order valence-corrected chi connectivity index (χ2v) is 7.64. The Morgan fingerprint density at radius 1 is 1.14 bits per heavy atom. The van der Waals surface area contributed by atoms with E-state index in [-0.39, 0.29) is 0 Å². The molecule has 0 saturated heterocycles. The minimum absolute atomic E-state index is 0.333. The van der Waals surface area contributed by atoms with E-state index in [0.29, 0.717) is 23.9 Å². The van der Waals surface area contributed by atoms with Crippen molar-refractivity contribution in [2.45, 2.75) is 44.6 Å². The molecule has 1 aromatic carbocycles. The van der Waals surface area contributed by atoms with Crippen molar-refractivity contribution in [1.29, 1.82) is 5.26 Å². The Labute approximate surface area is 171 Å². The van der Waals surface area contributed by atoms with Gasteiger partial charge in [0.2, 0.25) is 5.88 Å². The van der Waals surface area contributed by atoms with Crippen molar-refractivity contribution in [3.05, 3.63) is 54.2 Å². The first-order valence-corrected chi connectivity index (χ1v) is 9.75. The Morgan fingerprint density at radius 3 is 2.48 bits per heavy atom. The molecule has 6 heteroatoms. The molecule has 0 aliphatic heterocycles. The SMILES string of the molecule is CCCCOC1(C#N)C(C)(C)C1(C(=O)OC)c1cccc(Oc2ccccc2)n1. The highest BCUT2D eigenvalue weighted by atomic mass is 16.5. The van der Waals surface area contributed by atoms with Crippen LogP contribution in [0.15, 0.2) is 48.5 Å². The van der Waals surface area contributed by atoms with Gasteiger partial charge in [0, 0.05) is 18.1 Å². The third-order valence-electron chi connectivity index (χ3n) is 5.82. The van der Waals surface area contributed by atoms with Crippen LogP contribution in [0.1, 0.15) is 39.3 Å². The topological polar surface area (TPSA) is 81.4 Å². The molecule has 2 unspecified atom stereocenters. The Hall–Kier alpha value is -2.91. The number of unbranched alkanes of at least 4 members (excludes halogenated alkanes) is 1. The summed E-state index contributed by atoms with van der Waals surface area (Å²) in [5.41, 5.74) is -3.12. The molecule has 0 radical (unpaired) electrons.